The SMILES string of the molecule is Cc1c(-c2c3sc4nncn4c3cc[n+]2C)cc(C(C)C)c2ccccc12. The van der Waals surface area contributed by atoms with E-state index in [1.807, 2.05) is 0 Å². The summed E-state index contributed by atoms with van der Waals surface area (Å²) in [6, 6.07) is 13.3. The van der Waals surface area contributed by atoms with E-state index >= 15 is 0 Å². The zero-order valence-electron chi connectivity index (χ0n) is 15.9. The Morgan fingerprint density at radius 1 is 1.11 bits per heavy atom. The Labute approximate surface area is 161 Å². The number of aromatic nitrogens is 4. The van der Waals surface area contributed by atoms with E-state index in [1.165, 1.54) is 37.9 Å². The summed E-state index contributed by atoms with van der Waals surface area (Å²) in [6.45, 7) is 6.78. The van der Waals surface area contributed by atoms with Crippen LogP contribution in [-0.4, -0.2) is 14.6 Å². The van der Waals surface area contributed by atoms with Crippen LogP contribution in [0.2, 0.25) is 0 Å². The highest BCUT2D eigenvalue weighted by atomic mass is 32.1. The maximum absolute atomic E-state index is 4.26. The maximum Gasteiger partial charge on any atom is 0.232 e. The van der Waals surface area contributed by atoms with Gasteiger partial charge in [0.15, 0.2) is 6.20 Å². The Balaban J connectivity index is 1.94. The van der Waals surface area contributed by atoms with Crippen molar-refractivity contribution in [2.75, 3.05) is 0 Å². The van der Waals surface area contributed by atoms with Gasteiger partial charge in [-0.3, -0.25) is 4.40 Å². The lowest BCUT2D eigenvalue weighted by Gasteiger charge is -2.16. The maximum atomic E-state index is 4.26. The Bertz CT molecular complexity index is 1330. The van der Waals surface area contributed by atoms with Crippen molar-refractivity contribution in [2.24, 2.45) is 7.05 Å². The predicted molar refractivity (Wildman–Crippen MR) is 111 cm³/mol. The lowest BCUT2D eigenvalue weighted by atomic mass is 9.89. The number of fused-ring (bicyclic) bond motifs is 4. The van der Waals surface area contributed by atoms with Gasteiger partial charge in [-0.15, -0.1) is 10.2 Å². The molecular weight excluding hydrogens is 352 g/mol. The molecule has 0 N–H and O–H groups in total. The first-order chi connectivity index (χ1) is 13.1. The number of hydrogen-bond donors (Lipinski definition) is 0. The first-order valence-electron chi connectivity index (χ1n) is 9.19. The molecular formula is C22H21N4S+. The van der Waals surface area contributed by atoms with E-state index in [0.29, 0.717) is 5.92 Å². The molecule has 0 unspecified atom stereocenters. The van der Waals surface area contributed by atoms with Gasteiger partial charge in [-0.1, -0.05) is 49.4 Å². The van der Waals surface area contributed by atoms with E-state index in [1.54, 1.807) is 17.7 Å². The molecule has 0 atom stereocenters. The van der Waals surface area contributed by atoms with Gasteiger partial charge in [-0.05, 0) is 40.8 Å². The van der Waals surface area contributed by atoms with Crippen LogP contribution in [0.3, 0.4) is 0 Å². The van der Waals surface area contributed by atoms with E-state index in [2.05, 4.69) is 89.6 Å². The molecule has 0 aliphatic heterocycles. The molecule has 0 fully saturated rings. The van der Waals surface area contributed by atoms with Gasteiger partial charge >= 0.3 is 0 Å². The van der Waals surface area contributed by atoms with Crippen LogP contribution < -0.4 is 4.57 Å². The number of hydrogen-bond acceptors (Lipinski definition) is 3. The minimum Gasteiger partial charge on any atom is -0.272 e. The summed E-state index contributed by atoms with van der Waals surface area (Å²) in [5, 5.41) is 11.0. The molecule has 0 amide bonds. The molecule has 5 aromatic rings. The van der Waals surface area contributed by atoms with Gasteiger partial charge in [-0.25, -0.2) is 0 Å². The molecule has 3 aromatic heterocycles. The second kappa shape index (κ2) is 5.86. The smallest absolute Gasteiger partial charge is 0.232 e. The highest BCUT2D eigenvalue weighted by Crippen LogP contribution is 2.38. The van der Waals surface area contributed by atoms with Crippen molar-refractivity contribution in [3.8, 4) is 11.3 Å². The molecule has 0 saturated carbocycles. The molecule has 0 saturated heterocycles. The molecule has 0 spiro atoms. The molecule has 0 bridgehead atoms. The van der Waals surface area contributed by atoms with Crippen LogP contribution in [-0.2, 0) is 7.05 Å². The van der Waals surface area contributed by atoms with Crippen LogP contribution in [0.25, 0.3) is 37.2 Å². The molecule has 0 radical (unpaired) electrons. The average molecular weight is 374 g/mol. The fraction of sp³-hybridized carbons (Fsp3) is 0.227. The van der Waals surface area contributed by atoms with E-state index in [0.717, 1.165) is 10.5 Å². The Hall–Kier alpha value is -2.79. The van der Waals surface area contributed by atoms with Crippen molar-refractivity contribution in [1.82, 2.24) is 14.6 Å². The number of pyridine rings is 1. The number of aryl methyl sites for hydroxylation is 2. The number of thiazole rings is 1. The van der Waals surface area contributed by atoms with E-state index in [9.17, 15) is 0 Å². The average Bonchev–Trinajstić information content (AvgIpc) is 3.24. The monoisotopic (exact) mass is 373 g/mol. The molecule has 0 aliphatic carbocycles. The molecule has 4 nitrogen and oxygen atoms in total. The highest BCUT2D eigenvalue weighted by Gasteiger charge is 2.23. The quantitative estimate of drug-likeness (QED) is 0.407. The summed E-state index contributed by atoms with van der Waals surface area (Å²) in [7, 11) is 2.12. The molecule has 27 heavy (non-hydrogen) atoms. The minimum atomic E-state index is 0.462. The molecule has 5 rings (SSSR count). The zero-order chi connectivity index (χ0) is 18.7. The third-order valence-electron chi connectivity index (χ3n) is 5.45. The van der Waals surface area contributed by atoms with Crippen LogP contribution in [0, 0.1) is 6.92 Å². The number of rotatable bonds is 2. The summed E-state index contributed by atoms with van der Waals surface area (Å²) < 4.78 is 5.55. The summed E-state index contributed by atoms with van der Waals surface area (Å²) >= 11 is 1.70. The molecule has 5 heteroatoms. The number of nitrogens with zero attached hydrogens (tertiary/aromatic N) is 4. The summed E-state index contributed by atoms with van der Waals surface area (Å²) in [4.78, 5) is 0.931. The first kappa shape index (κ1) is 16.4. The van der Waals surface area contributed by atoms with Crippen LogP contribution in [0.15, 0.2) is 48.9 Å². The summed E-state index contributed by atoms with van der Waals surface area (Å²) in [5.74, 6) is 0.462. The Kier molecular flexibility index (Phi) is 3.56. The van der Waals surface area contributed by atoms with Crippen molar-refractivity contribution in [3.63, 3.8) is 0 Å². The molecule has 3 heterocycles. The van der Waals surface area contributed by atoms with Gasteiger partial charge in [0.25, 0.3) is 0 Å². The van der Waals surface area contributed by atoms with Gasteiger partial charge in [0.05, 0.1) is 11.1 Å². The minimum absolute atomic E-state index is 0.462. The van der Waals surface area contributed by atoms with Gasteiger partial charge in [0, 0.05) is 6.07 Å². The summed E-state index contributed by atoms with van der Waals surface area (Å²) in [5.41, 5.74) is 6.41. The van der Waals surface area contributed by atoms with Crippen molar-refractivity contribution in [1.29, 1.82) is 0 Å². The van der Waals surface area contributed by atoms with E-state index in [-0.39, 0.29) is 0 Å². The van der Waals surface area contributed by atoms with E-state index < -0.39 is 0 Å². The molecule has 134 valence electrons. The lowest BCUT2D eigenvalue weighted by Crippen LogP contribution is -2.30. The fourth-order valence-electron chi connectivity index (χ4n) is 4.04. The van der Waals surface area contributed by atoms with Crippen molar-refractivity contribution < 1.29 is 4.57 Å². The van der Waals surface area contributed by atoms with Gasteiger partial charge in [-0.2, -0.15) is 4.57 Å². The highest BCUT2D eigenvalue weighted by molar-refractivity contribution is 7.24. The van der Waals surface area contributed by atoms with Crippen LogP contribution in [0.5, 0.6) is 0 Å². The van der Waals surface area contributed by atoms with Crippen molar-refractivity contribution in [2.45, 2.75) is 26.7 Å². The van der Waals surface area contributed by atoms with Crippen LogP contribution in [0.1, 0.15) is 30.9 Å². The second-order valence-electron chi connectivity index (χ2n) is 7.41. The third-order valence-corrected chi connectivity index (χ3v) is 6.52. The largest absolute Gasteiger partial charge is 0.272 e. The predicted octanol–water partition coefficient (Wildman–Crippen LogP) is 5.02. The van der Waals surface area contributed by atoms with Crippen LogP contribution in [0.4, 0.5) is 0 Å². The topological polar surface area (TPSA) is 34.1 Å². The third kappa shape index (κ3) is 2.31. The number of benzene rings is 2. The normalized spacial score (nSPS) is 12.0. The van der Waals surface area contributed by atoms with Crippen LogP contribution >= 0.6 is 11.3 Å². The van der Waals surface area contributed by atoms with Crippen molar-refractivity contribution in [3.05, 3.63) is 60.0 Å². The second-order valence-corrected chi connectivity index (χ2v) is 8.39. The van der Waals surface area contributed by atoms with Gasteiger partial charge < -0.3 is 0 Å². The van der Waals surface area contributed by atoms with Crippen molar-refractivity contribution >= 4 is 37.3 Å². The Morgan fingerprint density at radius 2 is 1.89 bits per heavy atom. The molecule has 2 aromatic carbocycles. The summed E-state index contributed by atoms with van der Waals surface area (Å²) in [6.07, 6.45) is 3.93. The standard InChI is InChI=1S/C22H21N4S/c1-13(2)17-11-18(14(3)15-7-5-6-8-16(15)17)20-21-19(9-10-25(20)4)26-12-23-24-22(26)27-21/h5-13H,1-4H3/q+1. The van der Waals surface area contributed by atoms with Gasteiger partial charge in [0.1, 0.15) is 18.1 Å². The fourth-order valence-corrected chi connectivity index (χ4v) is 5.18. The first-order valence-corrected chi connectivity index (χ1v) is 10.0. The Morgan fingerprint density at radius 3 is 2.67 bits per heavy atom. The zero-order valence-corrected chi connectivity index (χ0v) is 16.7. The van der Waals surface area contributed by atoms with E-state index in [4.69, 9.17) is 0 Å². The lowest BCUT2D eigenvalue weighted by molar-refractivity contribution is -0.659. The van der Waals surface area contributed by atoms with Gasteiger partial charge in [0.2, 0.25) is 10.7 Å². The molecule has 0 aliphatic rings.